The first-order valence-electron chi connectivity index (χ1n) is 4.17. The monoisotopic (exact) mass is 326 g/mol. The van der Waals surface area contributed by atoms with Gasteiger partial charge < -0.3 is 4.74 Å². The van der Waals surface area contributed by atoms with Gasteiger partial charge in [0.05, 0.1) is 3.57 Å². The molecule has 1 aromatic rings. The lowest BCUT2D eigenvalue weighted by atomic mass is 10.1. The van der Waals surface area contributed by atoms with Gasteiger partial charge in [0.1, 0.15) is 5.75 Å². The first-order valence-corrected chi connectivity index (χ1v) is 5.25. The summed E-state index contributed by atoms with van der Waals surface area (Å²) >= 11 is 1.86. The number of ether oxygens (including phenoxy) is 1. The van der Waals surface area contributed by atoms with Crippen molar-refractivity contribution >= 4 is 28.4 Å². The molecule has 0 heterocycles. The van der Waals surface area contributed by atoms with E-state index in [1.165, 1.54) is 13.0 Å². The van der Waals surface area contributed by atoms with E-state index in [1.54, 1.807) is 13.0 Å². The highest BCUT2D eigenvalue weighted by molar-refractivity contribution is 14.1. The number of carbonyl (C=O) groups excluding carboxylic acids is 1. The predicted molar refractivity (Wildman–Crippen MR) is 60.5 cm³/mol. The second kappa shape index (κ2) is 4.87. The van der Waals surface area contributed by atoms with Crippen LogP contribution in [0.5, 0.6) is 5.75 Å². The molecule has 0 saturated carbocycles. The van der Waals surface area contributed by atoms with E-state index in [9.17, 15) is 13.6 Å². The average molecular weight is 326 g/mol. The Kier molecular flexibility index (Phi) is 4.01. The predicted octanol–water partition coefficient (Wildman–Crippen LogP) is 3.40. The molecule has 0 spiro atoms. The summed E-state index contributed by atoms with van der Waals surface area (Å²) in [6.45, 7) is 0.276. The summed E-state index contributed by atoms with van der Waals surface area (Å²) in [5.74, 6) is 0.0158. The molecule has 0 aliphatic carbocycles. The van der Waals surface area contributed by atoms with Crippen molar-refractivity contribution in [2.75, 3.05) is 0 Å². The molecule has 15 heavy (non-hydrogen) atoms. The molecular weight excluding hydrogens is 317 g/mol. The average Bonchev–Trinajstić information content (AvgIpc) is 2.09. The van der Waals surface area contributed by atoms with Crippen molar-refractivity contribution in [2.45, 2.75) is 20.5 Å². The van der Waals surface area contributed by atoms with Crippen molar-refractivity contribution in [3.05, 3.63) is 26.8 Å². The van der Waals surface area contributed by atoms with Crippen LogP contribution in [0.1, 0.15) is 22.8 Å². The zero-order valence-corrected chi connectivity index (χ0v) is 10.3. The van der Waals surface area contributed by atoms with Gasteiger partial charge in [-0.3, -0.25) is 4.79 Å². The molecule has 0 fully saturated rings. The molecule has 0 amide bonds. The molecule has 82 valence electrons. The fourth-order valence-corrected chi connectivity index (χ4v) is 1.81. The molecule has 0 aliphatic rings. The summed E-state index contributed by atoms with van der Waals surface area (Å²) in [6.07, 6.45) is 0. The van der Waals surface area contributed by atoms with E-state index >= 15 is 0 Å². The van der Waals surface area contributed by atoms with Crippen molar-refractivity contribution < 1.29 is 18.3 Å². The lowest BCUT2D eigenvalue weighted by molar-refractivity contribution is -0.0504. The van der Waals surface area contributed by atoms with Gasteiger partial charge in [0, 0.05) is 5.56 Å². The number of aryl methyl sites for hydroxylation is 1. The van der Waals surface area contributed by atoms with Gasteiger partial charge >= 0.3 is 6.61 Å². The van der Waals surface area contributed by atoms with Gasteiger partial charge in [-0.05, 0) is 54.1 Å². The second-order valence-electron chi connectivity index (χ2n) is 3.03. The number of carbonyl (C=O) groups is 1. The lowest BCUT2D eigenvalue weighted by Gasteiger charge is -2.10. The van der Waals surface area contributed by atoms with Crippen molar-refractivity contribution in [3.8, 4) is 5.75 Å². The minimum atomic E-state index is -2.85. The number of halogens is 3. The third-order valence-electron chi connectivity index (χ3n) is 1.87. The minimum Gasteiger partial charge on any atom is -0.434 e. The number of hydrogen-bond donors (Lipinski definition) is 0. The van der Waals surface area contributed by atoms with Crippen LogP contribution in [0.3, 0.4) is 0 Å². The Labute approximate surface area is 99.8 Å². The molecule has 0 bridgehead atoms. The third-order valence-corrected chi connectivity index (χ3v) is 2.72. The quantitative estimate of drug-likeness (QED) is 0.629. The Morgan fingerprint density at radius 1 is 1.47 bits per heavy atom. The SMILES string of the molecule is CC(=O)c1cc(I)c(OC(F)F)cc1C. The van der Waals surface area contributed by atoms with Gasteiger partial charge in [-0.15, -0.1) is 0 Å². The number of hydrogen-bond acceptors (Lipinski definition) is 2. The van der Waals surface area contributed by atoms with Crippen LogP contribution in [-0.2, 0) is 0 Å². The fraction of sp³-hybridized carbons (Fsp3) is 0.300. The van der Waals surface area contributed by atoms with Gasteiger partial charge in [-0.25, -0.2) is 0 Å². The normalized spacial score (nSPS) is 10.5. The van der Waals surface area contributed by atoms with E-state index in [0.29, 0.717) is 14.7 Å². The van der Waals surface area contributed by atoms with Crippen LogP contribution >= 0.6 is 22.6 Å². The molecule has 5 heteroatoms. The molecule has 1 rings (SSSR count). The summed E-state index contributed by atoms with van der Waals surface area (Å²) in [5, 5.41) is 0. The molecule has 0 radical (unpaired) electrons. The highest BCUT2D eigenvalue weighted by atomic mass is 127. The van der Waals surface area contributed by atoms with Crippen molar-refractivity contribution in [1.29, 1.82) is 0 Å². The van der Waals surface area contributed by atoms with Crippen LogP contribution in [-0.4, -0.2) is 12.4 Å². The highest BCUT2D eigenvalue weighted by Gasteiger charge is 2.12. The second-order valence-corrected chi connectivity index (χ2v) is 4.19. The van der Waals surface area contributed by atoms with Crippen molar-refractivity contribution in [3.63, 3.8) is 0 Å². The standard InChI is InChI=1S/C10H9F2IO2/c1-5-3-9(15-10(11)12)8(13)4-7(5)6(2)14/h3-4,10H,1-2H3. The number of rotatable bonds is 3. The van der Waals surface area contributed by atoms with Gasteiger partial charge in [-0.2, -0.15) is 8.78 Å². The number of alkyl halides is 2. The van der Waals surface area contributed by atoms with Crippen molar-refractivity contribution in [1.82, 2.24) is 0 Å². The zero-order chi connectivity index (χ0) is 11.6. The van der Waals surface area contributed by atoms with E-state index in [1.807, 2.05) is 22.6 Å². The molecule has 0 N–H and O–H groups in total. The van der Waals surface area contributed by atoms with Gasteiger partial charge in [-0.1, -0.05) is 0 Å². The molecule has 2 nitrogen and oxygen atoms in total. The van der Waals surface area contributed by atoms with Crippen LogP contribution in [0.2, 0.25) is 0 Å². The summed E-state index contributed by atoms with van der Waals surface area (Å²) < 4.78 is 28.8. The molecule has 0 atom stereocenters. The molecule has 0 aromatic heterocycles. The topological polar surface area (TPSA) is 26.3 Å². The van der Waals surface area contributed by atoms with Crippen LogP contribution in [0.15, 0.2) is 12.1 Å². The first-order chi connectivity index (χ1) is 6.91. The number of ketones is 1. The first kappa shape index (κ1) is 12.4. The lowest BCUT2D eigenvalue weighted by Crippen LogP contribution is -2.05. The Hall–Kier alpha value is -0.720. The Morgan fingerprint density at radius 3 is 2.53 bits per heavy atom. The number of Topliss-reactive ketones (excluding diaryl/α,β-unsaturated/α-hetero) is 1. The van der Waals surface area contributed by atoms with E-state index in [0.717, 1.165) is 0 Å². The summed E-state index contributed by atoms with van der Waals surface area (Å²) in [5.41, 5.74) is 1.17. The Morgan fingerprint density at radius 2 is 2.07 bits per heavy atom. The Bertz CT molecular complexity index is 391. The van der Waals surface area contributed by atoms with Crippen molar-refractivity contribution in [2.24, 2.45) is 0 Å². The van der Waals surface area contributed by atoms with Crippen LogP contribution < -0.4 is 4.74 Å². The summed E-state index contributed by atoms with van der Waals surface area (Å²) in [7, 11) is 0. The largest absolute Gasteiger partial charge is 0.434 e. The van der Waals surface area contributed by atoms with Crippen LogP contribution in [0.25, 0.3) is 0 Å². The summed E-state index contributed by atoms with van der Waals surface area (Å²) in [6, 6.07) is 3.00. The Balaban J connectivity index is 3.13. The number of benzene rings is 1. The van der Waals surface area contributed by atoms with Crippen LogP contribution in [0, 0.1) is 10.5 Å². The highest BCUT2D eigenvalue weighted by Crippen LogP contribution is 2.26. The third kappa shape index (κ3) is 3.12. The van der Waals surface area contributed by atoms with Crippen LogP contribution in [0.4, 0.5) is 8.78 Å². The minimum absolute atomic E-state index is 0.0889. The van der Waals surface area contributed by atoms with Gasteiger partial charge in [0.15, 0.2) is 5.78 Å². The molecule has 0 aliphatic heterocycles. The molecular formula is C10H9F2IO2. The van der Waals surface area contributed by atoms with E-state index in [2.05, 4.69) is 4.74 Å². The summed E-state index contributed by atoms with van der Waals surface area (Å²) in [4.78, 5) is 11.2. The van der Waals surface area contributed by atoms with E-state index in [4.69, 9.17) is 0 Å². The fourth-order valence-electron chi connectivity index (χ4n) is 1.22. The smallest absolute Gasteiger partial charge is 0.387 e. The maximum absolute atomic E-state index is 12.0. The van der Waals surface area contributed by atoms with Gasteiger partial charge in [0.2, 0.25) is 0 Å². The van der Waals surface area contributed by atoms with E-state index < -0.39 is 6.61 Å². The van der Waals surface area contributed by atoms with Gasteiger partial charge in [0.25, 0.3) is 0 Å². The maximum Gasteiger partial charge on any atom is 0.387 e. The zero-order valence-electron chi connectivity index (χ0n) is 8.18. The van der Waals surface area contributed by atoms with E-state index in [-0.39, 0.29) is 11.5 Å². The molecule has 0 saturated heterocycles. The molecule has 0 unspecified atom stereocenters. The molecule has 1 aromatic carbocycles. The maximum atomic E-state index is 12.0.